The minimum atomic E-state index is -4.59. The minimum Gasteiger partial charge on any atom is -0.375 e. The summed E-state index contributed by atoms with van der Waals surface area (Å²) in [5, 5.41) is 8.66. The summed E-state index contributed by atoms with van der Waals surface area (Å²) in [5.41, 5.74) is 0.681. The highest BCUT2D eigenvalue weighted by atomic mass is 32.3. The first-order valence-corrected chi connectivity index (χ1v) is 5.58. The number of hydrogen-bond acceptors (Lipinski definition) is 5. The summed E-state index contributed by atoms with van der Waals surface area (Å²) in [6.07, 6.45) is 0. The van der Waals surface area contributed by atoms with Gasteiger partial charge in [0.2, 0.25) is 0 Å². The Balaban J connectivity index is 3.27. The molecule has 0 bridgehead atoms. The lowest BCUT2D eigenvalue weighted by atomic mass is 10.2. The summed E-state index contributed by atoms with van der Waals surface area (Å²) in [5.74, 6) is -0.0912. The van der Waals surface area contributed by atoms with Crippen molar-refractivity contribution in [3.8, 4) is 11.8 Å². The second-order valence-corrected chi connectivity index (χ2v) is 4.22. The lowest BCUT2D eigenvalue weighted by Crippen LogP contribution is -2.13. The molecule has 0 unspecified atom stereocenters. The smallest absolute Gasteiger partial charge is 0.375 e. The average Bonchev–Trinajstić information content (AvgIpc) is 2.14. The Morgan fingerprint density at radius 3 is 2.50 bits per heavy atom. The van der Waals surface area contributed by atoms with Crippen molar-refractivity contribution in [1.29, 1.82) is 5.26 Å². The molecule has 0 aliphatic heterocycles. The van der Waals surface area contributed by atoms with Crippen LogP contribution in [0.4, 0.5) is 5.69 Å². The quantitative estimate of drug-likeness (QED) is 0.788. The molecule has 0 saturated carbocycles. The Kier molecular flexibility index (Phi) is 3.37. The number of nitrogens with zero attached hydrogens (tertiary/aromatic N) is 2. The van der Waals surface area contributed by atoms with E-state index in [0.29, 0.717) is 5.69 Å². The molecule has 0 aromatic heterocycles. The van der Waals surface area contributed by atoms with E-state index in [4.69, 9.17) is 9.81 Å². The Labute approximate surface area is 93.6 Å². The lowest BCUT2D eigenvalue weighted by Gasteiger charge is -2.16. The maximum Gasteiger partial charge on any atom is 0.446 e. The summed E-state index contributed by atoms with van der Waals surface area (Å²) in [4.78, 5) is 1.60. The van der Waals surface area contributed by atoms with Crippen molar-refractivity contribution < 1.29 is 17.2 Å². The number of benzene rings is 1. The molecule has 1 N–H and O–H groups in total. The molecule has 0 aliphatic carbocycles. The highest BCUT2D eigenvalue weighted by molar-refractivity contribution is 7.81. The number of anilines is 1. The van der Waals surface area contributed by atoms with Gasteiger partial charge in [-0.1, -0.05) is 0 Å². The maximum atomic E-state index is 10.6. The number of hydrogen-bond donors (Lipinski definition) is 1. The second kappa shape index (κ2) is 4.38. The molecule has 0 saturated heterocycles. The Hall–Kier alpha value is -1.78. The molecule has 0 atom stereocenters. The molecule has 1 rings (SSSR count). The molecular formula is C9H10N2O4S. The fraction of sp³-hybridized carbons (Fsp3) is 0.222. The molecule has 0 spiro atoms. The minimum absolute atomic E-state index is 0.0912. The Morgan fingerprint density at radius 2 is 2.06 bits per heavy atom. The van der Waals surface area contributed by atoms with Gasteiger partial charge in [0.25, 0.3) is 0 Å². The molecule has 0 aliphatic rings. The topological polar surface area (TPSA) is 90.6 Å². The molecule has 0 radical (unpaired) electrons. The fourth-order valence-corrected chi connectivity index (χ4v) is 1.49. The Bertz CT molecular complexity index is 531. The fourth-order valence-electron chi connectivity index (χ4n) is 1.13. The van der Waals surface area contributed by atoms with Crippen LogP contribution in [0.3, 0.4) is 0 Å². The summed E-state index contributed by atoms with van der Waals surface area (Å²) in [6, 6.07) is 6.13. The van der Waals surface area contributed by atoms with Gasteiger partial charge in [-0.25, -0.2) is 0 Å². The largest absolute Gasteiger partial charge is 0.446 e. The van der Waals surface area contributed by atoms with Crippen molar-refractivity contribution in [2.24, 2.45) is 0 Å². The van der Waals surface area contributed by atoms with Gasteiger partial charge in [-0.2, -0.15) is 13.7 Å². The summed E-state index contributed by atoms with van der Waals surface area (Å²) < 4.78 is 34.2. The average molecular weight is 242 g/mol. The molecule has 86 valence electrons. The van der Waals surface area contributed by atoms with Crippen LogP contribution in [0.2, 0.25) is 0 Å². The van der Waals surface area contributed by atoms with E-state index in [9.17, 15) is 8.42 Å². The standard InChI is InChI=1S/C9H10N2O4S/c1-11(2)8-4-3-7(6-10)5-9(8)15-16(12,13)14/h3-5H,1-2H3,(H,12,13,14). The van der Waals surface area contributed by atoms with Gasteiger partial charge < -0.3 is 9.08 Å². The molecule has 0 heterocycles. The third kappa shape index (κ3) is 3.12. The Morgan fingerprint density at radius 1 is 1.44 bits per heavy atom. The van der Waals surface area contributed by atoms with Crippen LogP contribution in [0, 0.1) is 11.3 Å². The van der Waals surface area contributed by atoms with E-state index in [1.54, 1.807) is 19.0 Å². The molecular weight excluding hydrogens is 232 g/mol. The van der Waals surface area contributed by atoms with Crippen LogP contribution in [-0.4, -0.2) is 27.1 Å². The van der Waals surface area contributed by atoms with E-state index in [1.165, 1.54) is 18.2 Å². The van der Waals surface area contributed by atoms with Gasteiger partial charge in [-0.15, -0.1) is 0 Å². The van der Waals surface area contributed by atoms with Crippen LogP contribution in [0.1, 0.15) is 5.56 Å². The molecule has 0 amide bonds. The zero-order valence-corrected chi connectivity index (χ0v) is 9.52. The van der Waals surface area contributed by atoms with E-state index < -0.39 is 10.4 Å². The first kappa shape index (κ1) is 12.3. The molecule has 6 nitrogen and oxygen atoms in total. The SMILES string of the molecule is CN(C)c1ccc(C#N)cc1OS(=O)(=O)O. The van der Waals surface area contributed by atoms with Gasteiger partial charge in [0.05, 0.1) is 17.3 Å². The van der Waals surface area contributed by atoms with Crippen LogP contribution in [0.15, 0.2) is 18.2 Å². The summed E-state index contributed by atoms with van der Waals surface area (Å²) in [7, 11) is -1.24. The van der Waals surface area contributed by atoms with Crippen molar-refractivity contribution in [2.75, 3.05) is 19.0 Å². The normalized spacial score (nSPS) is 10.6. The van der Waals surface area contributed by atoms with Crippen LogP contribution < -0.4 is 9.08 Å². The number of rotatable bonds is 3. The van der Waals surface area contributed by atoms with Crippen LogP contribution >= 0.6 is 0 Å². The molecule has 7 heteroatoms. The van der Waals surface area contributed by atoms with Crippen molar-refractivity contribution in [3.63, 3.8) is 0 Å². The van der Waals surface area contributed by atoms with Gasteiger partial charge in [-0.3, -0.25) is 4.55 Å². The van der Waals surface area contributed by atoms with Crippen molar-refractivity contribution in [3.05, 3.63) is 23.8 Å². The first-order chi connectivity index (χ1) is 7.33. The summed E-state index contributed by atoms with van der Waals surface area (Å²) in [6.45, 7) is 0. The van der Waals surface area contributed by atoms with Crippen molar-refractivity contribution >= 4 is 16.1 Å². The maximum absolute atomic E-state index is 10.6. The highest BCUT2D eigenvalue weighted by Gasteiger charge is 2.13. The van der Waals surface area contributed by atoms with E-state index in [1.807, 2.05) is 6.07 Å². The van der Waals surface area contributed by atoms with E-state index in [-0.39, 0.29) is 11.3 Å². The first-order valence-electron chi connectivity index (χ1n) is 4.22. The van der Waals surface area contributed by atoms with Crippen LogP contribution in [0.25, 0.3) is 0 Å². The number of nitriles is 1. The van der Waals surface area contributed by atoms with E-state index >= 15 is 0 Å². The third-order valence-electron chi connectivity index (χ3n) is 1.77. The van der Waals surface area contributed by atoms with Crippen molar-refractivity contribution in [1.82, 2.24) is 0 Å². The second-order valence-electron chi connectivity index (χ2n) is 3.20. The zero-order chi connectivity index (χ0) is 12.3. The van der Waals surface area contributed by atoms with Gasteiger partial charge in [0.15, 0.2) is 5.75 Å². The molecule has 16 heavy (non-hydrogen) atoms. The van der Waals surface area contributed by atoms with E-state index in [0.717, 1.165) is 0 Å². The van der Waals surface area contributed by atoms with Crippen LogP contribution in [0.5, 0.6) is 5.75 Å². The van der Waals surface area contributed by atoms with Gasteiger partial charge in [-0.05, 0) is 12.1 Å². The lowest BCUT2D eigenvalue weighted by molar-refractivity contribution is 0.387. The van der Waals surface area contributed by atoms with Crippen LogP contribution in [-0.2, 0) is 10.4 Å². The zero-order valence-electron chi connectivity index (χ0n) is 8.71. The summed E-state index contributed by atoms with van der Waals surface area (Å²) >= 11 is 0. The monoisotopic (exact) mass is 242 g/mol. The van der Waals surface area contributed by atoms with Gasteiger partial charge in [0, 0.05) is 20.2 Å². The van der Waals surface area contributed by atoms with E-state index in [2.05, 4.69) is 4.18 Å². The molecule has 1 aromatic carbocycles. The van der Waals surface area contributed by atoms with Gasteiger partial charge >= 0.3 is 10.4 Å². The molecule has 0 fully saturated rings. The highest BCUT2D eigenvalue weighted by Crippen LogP contribution is 2.28. The van der Waals surface area contributed by atoms with Crippen molar-refractivity contribution in [2.45, 2.75) is 0 Å². The predicted molar refractivity (Wildman–Crippen MR) is 57.7 cm³/mol. The molecule has 1 aromatic rings. The van der Waals surface area contributed by atoms with Gasteiger partial charge in [0.1, 0.15) is 0 Å². The third-order valence-corrected chi connectivity index (χ3v) is 2.16. The predicted octanol–water partition coefficient (Wildman–Crippen LogP) is 0.806.